The molecule has 0 aliphatic rings. The van der Waals surface area contributed by atoms with Crippen LogP contribution in [0.5, 0.6) is 0 Å². The first-order valence-corrected chi connectivity index (χ1v) is 3.25. The smallest absolute Gasteiger partial charge is 0.0306 e. The lowest BCUT2D eigenvalue weighted by molar-refractivity contribution is 0.233. The summed E-state index contributed by atoms with van der Waals surface area (Å²) in [7, 11) is 2.00. The zero-order valence-electron chi connectivity index (χ0n) is 6.52. The van der Waals surface area contributed by atoms with E-state index in [0.29, 0.717) is 6.04 Å². The quantitative estimate of drug-likeness (QED) is 0.449. The molecule has 0 bridgehead atoms. The highest BCUT2D eigenvalue weighted by Gasteiger charge is 1.94. The maximum Gasteiger partial charge on any atom is 0.0306 e. The van der Waals surface area contributed by atoms with Crippen molar-refractivity contribution in [2.24, 2.45) is 0 Å². The minimum absolute atomic E-state index is 0.509. The number of hydrazine groups is 1. The molecule has 0 aromatic carbocycles. The van der Waals surface area contributed by atoms with E-state index >= 15 is 0 Å². The lowest BCUT2D eigenvalue weighted by atomic mass is 10.4. The molecule has 54 valence electrons. The van der Waals surface area contributed by atoms with E-state index < -0.39 is 0 Å². The molecule has 0 unspecified atom stereocenters. The molecule has 0 atom stereocenters. The molecular weight excluding hydrogens is 112 g/mol. The Balaban J connectivity index is 3.25. The molecule has 0 fully saturated rings. The Kier molecular flexibility index (Phi) is 4.36. The SMILES string of the molecule is C=CCN(C)NC(C)C. The van der Waals surface area contributed by atoms with Gasteiger partial charge in [0.15, 0.2) is 0 Å². The monoisotopic (exact) mass is 128 g/mol. The predicted octanol–water partition coefficient (Wildman–Crippen LogP) is 1.02. The molecule has 0 radical (unpaired) electrons. The van der Waals surface area contributed by atoms with Crippen LogP contribution in [-0.4, -0.2) is 24.6 Å². The lowest BCUT2D eigenvalue weighted by Gasteiger charge is -2.18. The van der Waals surface area contributed by atoms with Crippen molar-refractivity contribution >= 4 is 0 Å². The Hall–Kier alpha value is -0.340. The van der Waals surface area contributed by atoms with Gasteiger partial charge in [-0.1, -0.05) is 6.08 Å². The highest BCUT2D eigenvalue weighted by atomic mass is 15.5. The molecule has 0 heterocycles. The van der Waals surface area contributed by atoms with Crippen LogP contribution in [-0.2, 0) is 0 Å². The largest absolute Gasteiger partial charge is 0.253 e. The Morgan fingerprint density at radius 3 is 2.56 bits per heavy atom. The fraction of sp³-hybridized carbons (Fsp3) is 0.714. The van der Waals surface area contributed by atoms with Gasteiger partial charge in [-0.15, -0.1) is 6.58 Å². The summed E-state index contributed by atoms with van der Waals surface area (Å²) in [5.74, 6) is 0. The molecule has 0 spiro atoms. The number of likely N-dealkylation sites (N-methyl/N-ethyl adjacent to an activating group) is 1. The van der Waals surface area contributed by atoms with Crippen LogP contribution in [0.15, 0.2) is 12.7 Å². The first-order valence-electron chi connectivity index (χ1n) is 3.25. The number of hydrogen-bond acceptors (Lipinski definition) is 2. The minimum Gasteiger partial charge on any atom is -0.253 e. The third-order valence-corrected chi connectivity index (χ3v) is 0.882. The van der Waals surface area contributed by atoms with Crippen molar-refractivity contribution in [1.29, 1.82) is 0 Å². The maximum atomic E-state index is 3.63. The average Bonchev–Trinajstić information content (AvgIpc) is 1.63. The second-order valence-corrected chi connectivity index (χ2v) is 2.45. The van der Waals surface area contributed by atoms with Crippen LogP contribution in [0.2, 0.25) is 0 Å². The summed E-state index contributed by atoms with van der Waals surface area (Å²) in [6, 6.07) is 0.509. The first kappa shape index (κ1) is 8.66. The zero-order valence-corrected chi connectivity index (χ0v) is 6.52. The van der Waals surface area contributed by atoms with Gasteiger partial charge in [0.25, 0.3) is 0 Å². The summed E-state index contributed by atoms with van der Waals surface area (Å²) < 4.78 is 0. The van der Waals surface area contributed by atoms with Gasteiger partial charge in [-0.2, -0.15) is 0 Å². The van der Waals surface area contributed by atoms with E-state index in [0.717, 1.165) is 6.54 Å². The van der Waals surface area contributed by atoms with E-state index in [9.17, 15) is 0 Å². The number of nitrogens with zero attached hydrogens (tertiary/aromatic N) is 1. The van der Waals surface area contributed by atoms with Gasteiger partial charge in [-0.25, -0.2) is 5.01 Å². The van der Waals surface area contributed by atoms with Crippen molar-refractivity contribution in [2.45, 2.75) is 19.9 Å². The molecule has 0 saturated heterocycles. The third-order valence-electron chi connectivity index (χ3n) is 0.882. The molecule has 0 amide bonds. The van der Waals surface area contributed by atoms with E-state index in [1.54, 1.807) is 0 Å². The van der Waals surface area contributed by atoms with Crippen molar-refractivity contribution in [3.05, 3.63) is 12.7 Å². The zero-order chi connectivity index (χ0) is 7.28. The number of nitrogens with one attached hydrogen (secondary N) is 1. The van der Waals surface area contributed by atoms with Crippen molar-refractivity contribution in [2.75, 3.05) is 13.6 Å². The second kappa shape index (κ2) is 4.53. The normalized spacial score (nSPS) is 10.8. The van der Waals surface area contributed by atoms with Gasteiger partial charge >= 0.3 is 0 Å². The highest BCUT2D eigenvalue weighted by molar-refractivity contribution is 4.69. The molecule has 2 heteroatoms. The Morgan fingerprint density at radius 2 is 2.22 bits per heavy atom. The maximum absolute atomic E-state index is 3.63. The van der Waals surface area contributed by atoms with E-state index in [1.807, 2.05) is 18.1 Å². The highest BCUT2D eigenvalue weighted by Crippen LogP contribution is 1.80. The van der Waals surface area contributed by atoms with Crippen LogP contribution < -0.4 is 5.43 Å². The molecule has 9 heavy (non-hydrogen) atoms. The number of rotatable bonds is 4. The van der Waals surface area contributed by atoms with Gasteiger partial charge in [0.1, 0.15) is 0 Å². The van der Waals surface area contributed by atoms with Gasteiger partial charge in [0.2, 0.25) is 0 Å². The summed E-state index contributed by atoms with van der Waals surface area (Å²) in [5, 5.41) is 2.01. The standard InChI is InChI=1S/C7H16N2/c1-5-6-9(4)8-7(2)3/h5,7-8H,1,6H2,2-4H3. The van der Waals surface area contributed by atoms with Crippen molar-refractivity contribution in [3.63, 3.8) is 0 Å². The van der Waals surface area contributed by atoms with Crippen LogP contribution >= 0.6 is 0 Å². The average molecular weight is 128 g/mol. The summed E-state index contributed by atoms with van der Waals surface area (Å²) in [4.78, 5) is 0. The topological polar surface area (TPSA) is 15.3 Å². The Bertz CT molecular complexity index is 79.0. The second-order valence-electron chi connectivity index (χ2n) is 2.45. The summed E-state index contributed by atoms with van der Waals surface area (Å²) in [6.07, 6.45) is 1.87. The third kappa shape index (κ3) is 5.53. The van der Waals surface area contributed by atoms with Crippen molar-refractivity contribution < 1.29 is 0 Å². The summed E-state index contributed by atoms with van der Waals surface area (Å²) in [6.45, 7) is 8.73. The Labute approximate surface area is 57.5 Å². The molecule has 0 saturated carbocycles. The van der Waals surface area contributed by atoms with Crippen LogP contribution in [0, 0.1) is 0 Å². The minimum atomic E-state index is 0.509. The summed E-state index contributed by atoms with van der Waals surface area (Å²) in [5.41, 5.74) is 3.21. The van der Waals surface area contributed by atoms with Crippen molar-refractivity contribution in [1.82, 2.24) is 10.4 Å². The van der Waals surface area contributed by atoms with Gasteiger partial charge in [0, 0.05) is 19.6 Å². The van der Waals surface area contributed by atoms with Gasteiger partial charge < -0.3 is 0 Å². The number of hydrogen-bond donors (Lipinski definition) is 1. The molecule has 0 aliphatic heterocycles. The van der Waals surface area contributed by atoms with Crippen LogP contribution in [0.4, 0.5) is 0 Å². The van der Waals surface area contributed by atoms with Crippen molar-refractivity contribution in [3.8, 4) is 0 Å². The summed E-state index contributed by atoms with van der Waals surface area (Å²) >= 11 is 0. The molecule has 0 aromatic rings. The fourth-order valence-corrected chi connectivity index (χ4v) is 0.687. The molecule has 2 nitrogen and oxygen atoms in total. The lowest BCUT2D eigenvalue weighted by Crippen LogP contribution is -2.39. The van der Waals surface area contributed by atoms with E-state index in [2.05, 4.69) is 25.9 Å². The van der Waals surface area contributed by atoms with E-state index in [4.69, 9.17) is 0 Å². The Morgan fingerprint density at radius 1 is 1.67 bits per heavy atom. The molecule has 0 rings (SSSR count). The van der Waals surface area contributed by atoms with Crippen LogP contribution in [0.25, 0.3) is 0 Å². The van der Waals surface area contributed by atoms with Gasteiger partial charge in [-0.3, -0.25) is 5.43 Å². The van der Waals surface area contributed by atoms with Gasteiger partial charge in [0.05, 0.1) is 0 Å². The van der Waals surface area contributed by atoms with E-state index in [-0.39, 0.29) is 0 Å². The first-order chi connectivity index (χ1) is 4.16. The van der Waals surface area contributed by atoms with E-state index in [1.165, 1.54) is 0 Å². The predicted molar refractivity (Wildman–Crippen MR) is 41.1 cm³/mol. The molecule has 0 aliphatic carbocycles. The fourth-order valence-electron chi connectivity index (χ4n) is 0.687. The molecular formula is C7H16N2. The van der Waals surface area contributed by atoms with Crippen LogP contribution in [0.3, 0.4) is 0 Å². The molecule has 0 aromatic heterocycles. The van der Waals surface area contributed by atoms with Gasteiger partial charge in [-0.05, 0) is 13.8 Å². The molecule has 1 N–H and O–H groups in total. The van der Waals surface area contributed by atoms with Crippen LogP contribution in [0.1, 0.15) is 13.8 Å².